The molecule has 8 heteroatoms. The molecule has 2 aromatic heterocycles. The zero-order valence-electron chi connectivity index (χ0n) is 10.7. The lowest BCUT2D eigenvalue weighted by molar-refractivity contribution is -0.383. The average molecular weight is 262 g/mol. The van der Waals surface area contributed by atoms with Gasteiger partial charge in [0.2, 0.25) is 5.82 Å². The van der Waals surface area contributed by atoms with E-state index < -0.39 is 4.92 Å². The van der Waals surface area contributed by atoms with Crippen molar-refractivity contribution in [1.29, 1.82) is 0 Å². The summed E-state index contributed by atoms with van der Waals surface area (Å²) < 4.78 is 1.84. The molecule has 0 bridgehead atoms. The number of nitrogens with one attached hydrogen (secondary N) is 1. The van der Waals surface area contributed by atoms with Crippen LogP contribution in [0.2, 0.25) is 0 Å². The van der Waals surface area contributed by atoms with Gasteiger partial charge in [0.1, 0.15) is 6.33 Å². The van der Waals surface area contributed by atoms with Gasteiger partial charge in [-0.25, -0.2) is 15.0 Å². The van der Waals surface area contributed by atoms with E-state index in [4.69, 9.17) is 0 Å². The summed E-state index contributed by atoms with van der Waals surface area (Å²) in [4.78, 5) is 22.8. The van der Waals surface area contributed by atoms with Gasteiger partial charge in [-0.15, -0.1) is 0 Å². The Balaban J connectivity index is 2.61. The van der Waals surface area contributed by atoms with Gasteiger partial charge in [-0.2, -0.15) is 0 Å². The molecular weight excluding hydrogens is 248 g/mol. The van der Waals surface area contributed by atoms with Crippen LogP contribution in [-0.4, -0.2) is 31.5 Å². The van der Waals surface area contributed by atoms with Gasteiger partial charge in [0.05, 0.1) is 4.92 Å². The highest BCUT2D eigenvalue weighted by molar-refractivity contribution is 5.72. The molecule has 0 unspecified atom stereocenters. The van der Waals surface area contributed by atoms with E-state index in [9.17, 15) is 10.1 Å². The Morgan fingerprint density at radius 2 is 2.21 bits per heavy atom. The van der Waals surface area contributed by atoms with Crippen LogP contribution in [0.25, 0.3) is 11.5 Å². The van der Waals surface area contributed by atoms with Crippen molar-refractivity contribution in [3.8, 4) is 11.5 Å². The molecule has 0 aliphatic heterocycles. The summed E-state index contributed by atoms with van der Waals surface area (Å²) in [6.07, 6.45) is 5.58. The molecule has 19 heavy (non-hydrogen) atoms. The smallest absolute Gasteiger partial charge is 0.340 e. The number of anilines is 1. The van der Waals surface area contributed by atoms with Crippen molar-refractivity contribution in [2.45, 2.75) is 19.9 Å². The lowest BCUT2D eigenvalue weighted by Crippen LogP contribution is -2.06. The number of nitro groups is 1. The van der Waals surface area contributed by atoms with Crippen molar-refractivity contribution in [3.05, 3.63) is 28.8 Å². The maximum absolute atomic E-state index is 11.2. The minimum Gasteiger partial charge on any atom is -0.367 e. The zero-order valence-corrected chi connectivity index (χ0v) is 10.7. The molecule has 0 saturated heterocycles. The number of imidazole rings is 1. The number of hydrogen-bond donors (Lipinski definition) is 1. The topological polar surface area (TPSA) is 98.8 Å². The van der Waals surface area contributed by atoms with Crippen LogP contribution >= 0.6 is 0 Å². The molecule has 1 N–H and O–H groups in total. The quantitative estimate of drug-likeness (QED) is 0.650. The Hall–Kier alpha value is -2.51. The highest BCUT2D eigenvalue weighted by atomic mass is 16.6. The van der Waals surface area contributed by atoms with E-state index in [1.165, 1.54) is 6.33 Å². The third-order valence-corrected chi connectivity index (χ3v) is 2.63. The Kier molecular flexibility index (Phi) is 3.69. The van der Waals surface area contributed by atoms with Gasteiger partial charge >= 0.3 is 5.69 Å². The van der Waals surface area contributed by atoms with Crippen molar-refractivity contribution in [3.63, 3.8) is 0 Å². The van der Waals surface area contributed by atoms with E-state index in [1.54, 1.807) is 19.4 Å². The fourth-order valence-corrected chi connectivity index (χ4v) is 1.85. The monoisotopic (exact) mass is 262 g/mol. The van der Waals surface area contributed by atoms with Crippen LogP contribution in [0.15, 0.2) is 18.7 Å². The Labute approximate surface area is 109 Å². The number of aromatic nitrogens is 4. The molecule has 0 amide bonds. The van der Waals surface area contributed by atoms with E-state index >= 15 is 0 Å². The summed E-state index contributed by atoms with van der Waals surface area (Å²) in [5, 5.41) is 13.9. The third kappa shape index (κ3) is 2.37. The summed E-state index contributed by atoms with van der Waals surface area (Å²) >= 11 is 0. The summed E-state index contributed by atoms with van der Waals surface area (Å²) in [6.45, 7) is 2.75. The second-order valence-corrected chi connectivity index (χ2v) is 3.87. The second-order valence-electron chi connectivity index (χ2n) is 3.87. The minimum atomic E-state index is -0.494. The predicted octanol–water partition coefficient (Wildman–Crippen LogP) is 1.70. The van der Waals surface area contributed by atoms with Gasteiger partial charge in [-0.05, 0) is 6.42 Å². The molecule has 0 aliphatic carbocycles. The number of nitrogens with zero attached hydrogens (tertiary/aromatic N) is 5. The zero-order chi connectivity index (χ0) is 13.8. The maximum Gasteiger partial charge on any atom is 0.340 e. The first kappa shape index (κ1) is 12.9. The van der Waals surface area contributed by atoms with Crippen LogP contribution in [0.4, 0.5) is 11.5 Å². The molecule has 0 aromatic carbocycles. The molecule has 2 rings (SSSR count). The van der Waals surface area contributed by atoms with Gasteiger partial charge in [0.25, 0.3) is 0 Å². The third-order valence-electron chi connectivity index (χ3n) is 2.63. The van der Waals surface area contributed by atoms with Crippen molar-refractivity contribution >= 4 is 11.5 Å². The van der Waals surface area contributed by atoms with Crippen LogP contribution in [0, 0.1) is 10.1 Å². The largest absolute Gasteiger partial charge is 0.367 e. The first-order valence-electron chi connectivity index (χ1n) is 5.87. The van der Waals surface area contributed by atoms with Gasteiger partial charge in [0, 0.05) is 26.0 Å². The molecule has 2 heterocycles. The first-order valence-corrected chi connectivity index (χ1v) is 5.87. The van der Waals surface area contributed by atoms with Gasteiger partial charge in [0.15, 0.2) is 11.5 Å². The van der Waals surface area contributed by atoms with Crippen LogP contribution in [0.5, 0.6) is 0 Å². The molecule has 0 radical (unpaired) electrons. The molecule has 2 aromatic rings. The molecule has 100 valence electrons. The second kappa shape index (κ2) is 5.42. The number of aryl methyl sites for hydroxylation is 1. The summed E-state index contributed by atoms with van der Waals surface area (Å²) in [5.41, 5.74) is 0.0661. The Morgan fingerprint density at radius 3 is 2.84 bits per heavy atom. The fraction of sp³-hybridized carbons (Fsp3) is 0.364. The summed E-state index contributed by atoms with van der Waals surface area (Å²) in [7, 11) is 1.58. The standard InChI is InChI=1S/C11H14N6O2/c1-3-5-16-6-4-13-11(16)8-9(17(18)19)10(12-2)15-7-14-8/h4,6-7H,3,5H2,1-2H3,(H,12,14,15). The van der Waals surface area contributed by atoms with Gasteiger partial charge < -0.3 is 9.88 Å². The van der Waals surface area contributed by atoms with Crippen molar-refractivity contribution < 1.29 is 4.92 Å². The fourth-order valence-electron chi connectivity index (χ4n) is 1.85. The lowest BCUT2D eigenvalue weighted by atomic mass is 10.3. The maximum atomic E-state index is 11.2. The highest BCUT2D eigenvalue weighted by Crippen LogP contribution is 2.31. The highest BCUT2D eigenvalue weighted by Gasteiger charge is 2.25. The normalized spacial score (nSPS) is 10.4. The minimum absolute atomic E-state index is 0.159. The Bertz CT molecular complexity index is 595. The van der Waals surface area contributed by atoms with E-state index in [1.807, 2.05) is 11.5 Å². The SMILES string of the molecule is CCCn1ccnc1-c1ncnc(NC)c1[N+](=O)[O-]. The van der Waals surface area contributed by atoms with E-state index in [2.05, 4.69) is 20.3 Å². The summed E-state index contributed by atoms with van der Waals surface area (Å²) in [5.74, 6) is 0.661. The molecule has 0 atom stereocenters. The number of hydrogen-bond acceptors (Lipinski definition) is 6. The van der Waals surface area contributed by atoms with E-state index in [0.717, 1.165) is 13.0 Å². The van der Waals surface area contributed by atoms with Crippen LogP contribution in [-0.2, 0) is 6.54 Å². The van der Waals surface area contributed by atoms with Crippen molar-refractivity contribution in [2.24, 2.45) is 0 Å². The molecule has 0 spiro atoms. The number of rotatable bonds is 5. The molecule has 0 saturated carbocycles. The van der Waals surface area contributed by atoms with Crippen molar-refractivity contribution in [2.75, 3.05) is 12.4 Å². The molecule has 8 nitrogen and oxygen atoms in total. The first-order chi connectivity index (χ1) is 9.19. The summed E-state index contributed by atoms with van der Waals surface area (Å²) in [6, 6.07) is 0. The van der Waals surface area contributed by atoms with Crippen LogP contribution in [0.1, 0.15) is 13.3 Å². The van der Waals surface area contributed by atoms with E-state index in [0.29, 0.717) is 5.82 Å². The van der Waals surface area contributed by atoms with E-state index in [-0.39, 0.29) is 17.2 Å². The Morgan fingerprint density at radius 1 is 1.42 bits per heavy atom. The molecule has 0 aliphatic rings. The van der Waals surface area contributed by atoms with Crippen LogP contribution in [0.3, 0.4) is 0 Å². The molecule has 0 fully saturated rings. The van der Waals surface area contributed by atoms with Crippen LogP contribution < -0.4 is 5.32 Å². The average Bonchev–Trinajstić information content (AvgIpc) is 2.86. The molecular formula is C11H14N6O2. The predicted molar refractivity (Wildman–Crippen MR) is 69.7 cm³/mol. The van der Waals surface area contributed by atoms with Gasteiger partial charge in [-0.1, -0.05) is 6.92 Å². The van der Waals surface area contributed by atoms with Crippen molar-refractivity contribution in [1.82, 2.24) is 19.5 Å². The lowest BCUT2D eigenvalue weighted by Gasteiger charge is -2.07. The van der Waals surface area contributed by atoms with Gasteiger partial charge in [-0.3, -0.25) is 10.1 Å².